The van der Waals surface area contributed by atoms with Gasteiger partial charge in [-0.3, -0.25) is 9.69 Å². The molecule has 1 atom stereocenters. The predicted molar refractivity (Wildman–Crippen MR) is 112 cm³/mol. The van der Waals surface area contributed by atoms with Crippen molar-refractivity contribution in [3.8, 4) is 6.07 Å². The molecule has 3 aromatic rings. The molecule has 150 valence electrons. The smallest absolute Gasteiger partial charge is 0.414 e. The highest BCUT2D eigenvalue weighted by molar-refractivity contribution is 5.92. The number of fused-ring (bicyclic) bond motifs is 1. The number of rotatable bonds is 5. The van der Waals surface area contributed by atoms with E-state index in [-0.39, 0.29) is 18.6 Å². The highest BCUT2D eigenvalue weighted by Gasteiger charge is 2.32. The lowest BCUT2D eigenvalue weighted by atomic mass is 10.1. The van der Waals surface area contributed by atoms with E-state index in [1.807, 2.05) is 36.4 Å². The Hall–Kier alpha value is -4.12. The minimum atomic E-state index is -0.450. The van der Waals surface area contributed by atoms with E-state index >= 15 is 0 Å². The zero-order valence-electron chi connectivity index (χ0n) is 16.3. The number of para-hydroxylation sites is 2. The van der Waals surface area contributed by atoms with Gasteiger partial charge in [-0.25, -0.2) is 9.78 Å². The molecule has 1 saturated heterocycles. The molecule has 0 unspecified atom stereocenters. The number of nitriles is 1. The van der Waals surface area contributed by atoms with E-state index in [4.69, 9.17) is 4.74 Å². The standard InChI is InChI=1S/C22H19N5O3/c1-14(28)24-12-18-13-27(22(29)30-18)17-8-6-15(7-9-17)10-16(11-23)21-25-19-4-2-3-5-20(19)26-21/h2-10,18H,12-13H2,1H3,(H,24,28)(H,25,26)/b16-10+/t18-/m0/s1. The molecular weight excluding hydrogens is 382 g/mol. The minimum absolute atomic E-state index is 0.168. The van der Waals surface area contributed by atoms with Crippen molar-refractivity contribution in [1.29, 1.82) is 5.26 Å². The van der Waals surface area contributed by atoms with Crippen molar-refractivity contribution < 1.29 is 14.3 Å². The molecule has 2 aromatic carbocycles. The lowest BCUT2D eigenvalue weighted by Gasteiger charge is -2.13. The third kappa shape index (κ3) is 4.00. The summed E-state index contributed by atoms with van der Waals surface area (Å²) in [5.41, 5.74) is 3.56. The number of nitrogens with one attached hydrogen (secondary N) is 2. The summed E-state index contributed by atoms with van der Waals surface area (Å²) in [7, 11) is 0. The van der Waals surface area contributed by atoms with Gasteiger partial charge >= 0.3 is 6.09 Å². The topological polar surface area (TPSA) is 111 Å². The number of aromatic nitrogens is 2. The summed E-state index contributed by atoms with van der Waals surface area (Å²) in [6.07, 6.45) is 0.900. The molecule has 0 radical (unpaired) electrons. The molecule has 4 rings (SSSR count). The number of cyclic esters (lactones) is 1. The number of allylic oxidation sites excluding steroid dienone is 1. The lowest BCUT2D eigenvalue weighted by Crippen LogP contribution is -2.33. The number of hydrogen-bond acceptors (Lipinski definition) is 5. The van der Waals surface area contributed by atoms with E-state index in [0.717, 1.165) is 16.6 Å². The first-order chi connectivity index (χ1) is 14.5. The van der Waals surface area contributed by atoms with Gasteiger partial charge in [0.15, 0.2) is 0 Å². The Morgan fingerprint density at radius 2 is 2.10 bits per heavy atom. The fraction of sp³-hybridized carbons (Fsp3) is 0.182. The van der Waals surface area contributed by atoms with Gasteiger partial charge in [-0.1, -0.05) is 24.3 Å². The molecule has 2 N–H and O–H groups in total. The van der Waals surface area contributed by atoms with Crippen LogP contribution in [0.5, 0.6) is 0 Å². The summed E-state index contributed by atoms with van der Waals surface area (Å²) < 4.78 is 5.28. The number of imidazole rings is 1. The number of H-pyrrole nitrogens is 1. The summed E-state index contributed by atoms with van der Waals surface area (Å²) in [5, 5.41) is 12.2. The maximum Gasteiger partial charge on any atom is 0.414 e. The van der Waals surface area contributed by atoms with Crippen LogP contribution in [0.25, 0.3) is 22.7 Å². The van der Waals surface area contributed by atoms with E-state index in [1.54, 1.807) is 18.2 Å². The van der Waals surface area contributed by atoms with E-state index in [0.29, 0.717) is 23.6 Å². The highest BCUT2D eigenvalue weighted by Crippen LogP contribution is 2.24. The van der Waals surface area contributed by atoms with Gasteiger partial charge in [0.25, 0.3) is 0 Å². The van der Waals surface area contributed by atoms with E-state index in [2.05, 4.69) is 21.4 Å². The lowest BCUT2D eigenvalue weighted by molar-refractivity contribution is -0.119. The maximum absolute atomic E-state index is 12.1. The summed E-state index contributed by atoms with van der Waals surface area (Å²) in [6.45, 7) is 2.06. The summed E-state index contributed by atoms with van der Waals surface area (Å²) in [5.74, 6) is 0.338. The molecule has 2 heterocycles. The quantitative estimate of drug-likeness (QED) is 0.638. The van der Waals surface area contributed by atoms with Crippen molar-refractivity contribution >= 4 is 40.4 Å². The molecule has 1 aliphatic heterocycles. The average Bonchev–Trinajstić information content (AvgIpc) is 3.34. The Bertz CT molecular complexity index is 1140. The first-order valence-corrected chi connectivity index (χ1v) is 9.43. The normalized spacial score (nSPS) is 16.4. The van der Waals surface area contributed by atoms with Crippen LogP contribution in [0.2, 0.25) is 0 Å². The highest BCUT2D eigenvalue weighted by atomic mass is 16.6. The maximum atomic E-state index is 12.1. The summed E-state index contributed by atoms with van der Waals surface area (Å²) in [6, 6.07) is 17.0. The monoisotopic (exact) mass is 401 g/mol. The van der Waals surface area contributed by atoms with Gasteiger partial charge in [0.2, 0.25) is 5.91 Å². The molecule has 8 nitrogen and oxygen atoms in total. The van der Waals surface area contributed by atoms with Crippen molar-refractivity contribution in [2.24, 2.45) is 0 Å². The zero-order valence-corrected chi connectivity index (χ0v) is 16.3. The van der Waals surface area contributed by atoms with Crippen molar-refractivity contribution in [1.82, 2.24) is 15.3 Å². The van der Waals surface area contributed by atoms with E-state index < -0.39 is 6.09 Å². The van der Waals surface area contributed by atoms with Crippen LogP contribution in [0.1, 0.15) is 18.3 Å². The van der Waals surface area contributed by atoms with Crippen LogP contribution in [0.4, 0.5) is 10.5 Å². The third-order valence-electron chi connectivity index (χ3n) is 4.73. The number of nitrogens with zero attached hydrogens (tertiary/aromatic N) is 3. The second kappa shape index (κ2) is 8.09. The van der Waals surface area contributed by atoms with Crippen LogP contribution in [-0.2, 0) is 9.53 Å². The largest absolute Gasteiger partial charge is 0.442 e. The molecule has 1 fully saturated rings. The number of anilines is 1. The van der Waals surface area contributed by atoms with Crippen LogP contribution in [-0.4, -0.2) is 41.2 Å². The molecule has 0 bridgehead atoms. The van der Waals surface area contributed by atoms with Crippen LogP contribution in [0.15, 0.2) is 48.5 Å². The van der Waals surface area contributed by atoms with Crippen molar-refractivity contribution in [2.75, 3.05) is 18.0 Å². The van der Waals surface area contributed by atoms with Gasteiger partial charge in [0.05, 0.1) is 29.7 Å². The number of carbonyl (C=O) groups is 2. The molecule has 30 heavy (non-hydrogen) atoms. The molecule has 1 aliphatic rings. The van der Waals surface area contributed by atoms with Crippen molar-refractivity contribution in [3.63, 3.8) is 0 Å². The molecule has 0 spiro atoms. The Morgan fingerprint density at radius 1 is 1.33 bits per heavy atom. The van der Waals surface area contributed by atoms with Crippen molar-refractivity contribution in [2.45, 2.75) is 13.0 Å². The second-order valence-corrected chi connectivity index (χ2v) is 6.92. The molecular formula is C22H19N5O3. The van der Waals surface area contributed by atoms with Crippen LogP contribution < -0.4 is 10.2 Å². The summed E-state index contributed by atoms with van der Waals surface area (Å²) in [4.78, 5) is 32.3. The van der Waals surface area contributed by atoms with Gasteiger partial charge < -0.3 is 15.0 Å². The first kappa shape index (κ1) is 19.2. The number of aromatic amines is 1. The van der Waals surface area contributed by atoms with Crippen molar-refractivity contribution in [3.05, 3.63) is 59.9 Å². The molecule has 0 saturated carbocycles. The van der Waals surface area contributed by atoms with Gasteiger partial charge in [0.1, 0.15) is 18.0 Å². The van der Waals surface area contributed by atoms with E-state index in [9.17, 15) is 14.9 Å². The Labute approximate surface area is 172 Å². The molecule has 8 heteroatoms. The molecule has 0 aliphatic carbocycles. The van der Waals surface area contributed by atoms with Crippen LogP contribution >= 0.6 is 0 Å². The Balaban J connectivity index is 1.51. The average molecular weight is 401 g/mol. The Morgan fingerprint density at radius 3 is 2.80 bits per heavy atom. The van der Waals surface area contributed by atoms with E-state index in [1.165, 1.54) is 11.8 Å². The van der Waals surface area contributed by atoms with Gasteiger partial charge in [-0.15, -0.1) is 0 Å². The number of benzene rings is 2. The molecule has 1 aromatic heterocycles. The number of amides is 2. The zero-order chi connectivity index (χ0) is 21.1. The minimum Gasteiger partial charge on any atom is -0.442 e. The van der Waals surface area contributed by atoms with Gasteiger partial charge in [0, 0.05) is 12.6 Å². The first-order valence-electron chi connectivity index (χ1n) is 9.43. The SMILES string of the molecule is CC(=O)NC[C@H]1CN(c2ccc(/C=C(\C#N)c3nc4ccccc4[nH]3)cc2)C(=O)O1. The molecule has 2 amide bonds. The fourth-order valence-corrected chi connectivity index (χ4v) is 3.25. The summed E-state index contributed by atoms with van der Waals surface area (Å²) >= 11 is 0. The Kier molecular flexibility index (Phi) is 5.18. The number of ether oxygens (including phenoxy) is 1. The van der Waals surface area contributed by atoms with Gasteiger partial charge in [-0.2, -0.15) is 5.26 Å². The third-order valence-corrected chi connectivity index (χ3v) is 4.73. The number of hydrogen-bond donors (Lipinski definition) is 2. The van der Waals surface area contributed by atoms with Gasteiger partial charge in [-0.05, 0) is 35.9 Å². The number of carbonyl (C=O) groups excluding carboxylic acids is 2. The second-order valence-electron chi connectivity index (χ2n) is 6.92. The fourth-order valence-electron chi connectivity index (χ4n) is 3.25. The van der Waals surface area contributed by atoms with Crippen LogP contribution in [0.3, 0.4) is 0 Å². The predicted octanol–water partition coefficient (Wildman–Crippen LogP) is 3.09. The van der Waals surface area contributed by atoms with Crippen LogP contribution in [0, 0.1) is 11.3 Å².